The van der Waals surface area contributed by atoms with Crippen molar-refractivity contribution in [2.75, 3.05) is 13.7 Å². The van der Waals surface area contributed by atoms with Gasteiger partial charge >= 0.3 is 11.6 Å². The van der Waals surface area contributed by atoms with E-state index in [4.69, 9.17) is 13.6 Å². The van der Waals surface area contributed by atoms with Crippen molar-refractivity contribution in [3.05, 3.63) is 40.9 Å². The highest BCUT2D eigenvalue weighted by atomic mass is 16.5. The number of furan rings is 1. The third-order valence-electron chi connectivity index (χ3n) is 3.78. The average molecular weight is 330 g/mol. The molecule has 0 saturated carbocycles. The van der Waals surface area contributed by atoms with Crippen LogP contribution in [0.15, 0.2) is 44.2 Å². The fourth-order valence-corrected chi connectivity index (χ4v) is 2.56. The fourth-order valence-electron chi connectivity index (χ4n) is 2.56. The van der Waals surface area contributed by atoms with E-state index in [0.717, 1.165) is 30.0 Å². The molecule has 3 rings (SSSR count). The number of unbranched alkanes of at least 4 members (excludes halogenated alkanes) is 2. The summed E-state index contributed by atoms with van der Waals surface area (Å²) in [4.78, 5) is 22.6. The molecule has 1 aromatic carbocycles. The van der Waals surface area contributed by atoms with Crippen molar-refractivity contribution in [3.63, 3.8) is 0 Å². The average Bonchev–Trinajstić information content (AvgIpc) is 3.05. The lowest BCUT2D eigenvalue weighted by Crippen LogP contribution is -2.02. The molecule has 0 N–H and O–H groups in total. The molecule has 0 amide bonds. The summed E-state index contributed by atoms with van der Waals surface area (Å²) >= 11 is 0. The molecule has 0 saturated heterocycles. The first-order valence-electron chi connectivity index (χ1n) is 7.83. The minimum absolute atomic E-state index is 0.205. The number of hydrogen-bond donors (Lipinski definition) is 0. The van der Waals surface area contributed by atoms with E-state index >= 15 is 0 Å². The lowest BCUT2D eigenvalue weighted by atomic mass is 10.1. The van der Waals surface area contributed by atoms with Crippen LogP contribution in [0, 0.1) is 0 Å². The monoisotopic (exact) mass is 330 g/mol. The van der Waals surface area contributed by atoms with E-state index < -0.39 is 5.63 Å². The molecule has 2 heterocycles. The summed E-state index contributed by atoms with van der Waals surface area (Å²) in [5.41, 5.74) is 0.516. The van der Waals surface area contributed by atoms with Crippen LogP contribution in [0.2, 0.25) is 0 Å². The maximum atomic E-state index is 11.5. The van der Waals surface area contributed by atoms with Crippen molar-refractivity contribution in [1.29, 1.82) is 0 Å². The number of ether oxygens (including phenoxy) is 2. The van der Waals surface area contributed by atoms with E-state index in [0.29, 0.717) is 29.9 Å². The first kappa shape index (κ1) is 16.1. The van der Waals surface area contributed by atoms with Gasteiger partial charge in [0.05, 0.1) is 20.0 Å². The summed E-state index contributed by atoms with van der Waals surface area (Å²) in [6.07, 6.45) is 4.33. The third kappa shape index (κ3) is 3.42. The number of hydrogen-bond acceptors (Lipinski definition) is 6. The zero-order valence-electron chi connectivity index (χ0n) is 13.4. The topological polar surface area (TPSA) is 78.9 Å². The van der Waals surface area contributed by atoms with Crippen LogP contribution in [0.4, 0.5) is 0 Å². The van der Waals surface area contributed by atoms with Crippen LogP contribution < -0.4 is 10.4 Å². The molecule has 0 atom stereocenters. The second-order valence-corrected chi connectivity index (χ2v) is 5.45. The van der Waals surface area contributed by atoms with Gasteiger partial charge in [0, 0.05) is 23.3 Å². The zero-order chi connectivity index (χ0) is 16.9. The highest BCUT2D eigenvalue weighted by Crippen LogP contribution is 2.35. The molecular weight excluding hydrogens is 312 g/mol. The number of esters is 1. The SMILES string of the molecule is COC(=O)CCCCCOc1c2occc2cc2ccc(=O)oc12. The molecule has 2 aromatic heterocycles. The lowest BCUT2D eigenvalue weighted by molar-refractivity contribution is -0.140. The van der Waals surface area contributed by atoms with Gasteiger partial charge in [-0.2, -0.15) is 0 Å². The van der Waals surface area contributed by atoms with Crippen molar-refractivity contribution in [2.24, 2.45) is 0 Å². The van der Waals surface area contributed by atoms with Crippen LogP contribution in [-0.2, 0) is 9.53 Å². The Hall–Kier alpha value is -2.76. The first-order valence-corrected chi connectivity index (χ1v) is 7.83. The molecule has 6 nitrogen and oxygen atoms in total. The van der Waals surface area contributed by atoms with Crippen molar-refractivity contribution in [1.82, 2.24) is 0 Å². The summed E-state index contributed by atoms with van der Waals surface area (Å²) in [5, 5.41) is 1.67. The van der Waals surface area contributed by atoms with Crippen LogP contribution in [0.25, 0.3) is 21.9 Å². The Morgan fingerprint density at radius 1 is 1.08 bits per heavy atom. The third-order valence-corrected chi connectivity index (χ3v) is 3.78. The van der Waals surface area contributed by atoms with Gasteiger partial charge in [-0.3, -0.25) is 4.79 Å². The normalized spacial score (nSPS) is 11.0. The largest absolute Gasteiger partial charge is 0.486 e. The van der Waals surface area contributed by atoms with Gasteiger partial charge in [0.25, 0.3) is 0 Å². The first-order chi connectivity index (χ1) is 11.7. The van der Waals surface area contributed by atoms with E-state index in [1.165, 1.54) is 13.2 Å². The van der Waals surface area contributed by atoms with Gasteiger partial charge in [-0.1, -0.05) is 0 Å². The van der Waals surface area contributed by atoms with Crippen LogP contribution in [0.1, 0.15) is 25.7 Å². The van der Waals surface area contributed by atoms with Gasteiger partial charge in [-0.15, -0.1) is 0 Å². The summed E-state index contributed by atoms with van der Waals surface area (Å²) < 4.78 is 21.2. The smallest absolute Gasteiger partial charge is 0.336 e. The highest BCUT2D eigenvalue weighted by molar-refractivity contribution is 5.99. The number of fused-ring (bicyclic) bond motifs is 2. The lowest BCUT2D eigenvalue weighted by Gasteiger charge is -2.09. The predicted octanol–water partition coefficient (Wildman–Crippen LogP) is 3.65. The quantitative estimate of drug-likeness (QED) is 0.374. The van der Waals surface area contributed by atoms with Gasteiger partial charge in [-0.05, 0) is 37.5 Å². The van der Waals surface area contributed by atoms with Gasteiger partial charge < -0.3 is 18.3 Å². The Labute approximate surface area is 137 Å². The zero-order valence-corrected chi connectivity index (χ0v) is 13.4. The predicted molar refractivity (Wildman–Crippen MR) is 88.2 cm³/mol. The van der Waals surface area contributed by atoms with Crippen molar-refractivity contribution >= 4 is 27.9 Å². The molecule has 0 aliphatic rings. The summed E-state index contributed by atoms with van der Waals surface area (Å²) in [6, 6.07) is 6.81. The molecule has 0 bridgehead atoms. The van der Waals surface area contributed by atoms with E-state index in [2.05, 4.69) is 4.74 Å². The second-order valence-electron chi connectivity index (χ2n) is 5.45. The molecule has 0 aliphatic carbocycles. The minimum Gasteiger partial charge on any atom is -0.486 e. The molecular formula is C18H18O6. The molecule has 0 aliphatic heterocycles. The van der Waals surface area contributed by atoms with E-state index in [1.54, 1.807) is 12.3 Å². The van der Waals surface area contributed by atoms with Crippen molar-refractivity contribution in [2.45, 2.75) is 25.7 Å². The molecule has 0 radical (unpaired) electrons. The molecule has 6 heteroatoms. The van der Waals surface area contributed by atoms with E-state index in [-0.39, 0.29) is 5.97 Å². The molecule has 126 valence electrons. The Balaban J connectivity index is 1.72. The Bertz CT molecular complexity index is 905. The van der Waals surface area contributed by atoms with Gasteiger partial charge in [0.15, 0.2) is 11.2 Å². The van der Waals surface area contributed by atoms with Crippen LogP contribution >= 0.6 is 0 Å². The minimum atomic E-state index is -0.434. The van der Waals surface area contributed by atoms with Crippen LogP contribution in [0.3, 0.4) is 0 Å². The highest BCUT2D eigenvalue weighted by Gasteiger charge is 2.14. The van der Waals surface area contributed by atoms with Crippen molar-refractivity contribution in [3.8, 4) is 5.75 Å². The second kappa shape index (κ2) is 7.21. The van der Waals surface area contributed by atoms with Gasteiger partial charge in [0.2, 0.25) is 5.75 Å². The maximum absolute atomic E-state index is 11.5. The number of carbonyl (C=O) groups excluding carboxylic acids is 1. The van der Waals surface area contributed by atoms with Crippen LogP contribution in [0.5, 0.6) is 5.75 Å². The molecule has 0 unspecified atom stereocenters. The Morgan fingerprint density at radius 3 is 2.75 bits per heavy atom. The standard InChI is InChI=1S/C18H18O6/c1-21-14(19)5-3-2-4-9-22-18-16-13(8-10-23-16)11-12-6-7-15(20)24-17(12)18/h6-8,10-11H,2-5,9H2,1H3. The summed E-state index contributed by atoms with van der Waals surface area (Å²) in [5.74, 6) is 0.238. The van der Waals surface area contributed by atoms with E-state index in [1.807, 2.05) is 12.1 Å². The molecule has 0 fully saturated rings. The van der Waals surface area contributed by atoms with Crippen LogP contribution in [-0.4, -0.2) is 19.7 Å². The number of rotatable bonds is 7. The van der Waals surface area contributed by atoms with Crippen molar-refractivity contribution < 1.29 is 23.1 Å². The molecule has 3 aromatic rings. The Kier molecular flexibility index (Phi) is 4.84. The van der Waals surface area contributed by atoms with Gasteiger partial charge in [-0.25, -0.2) is 4.79 Å². The van der Waals surface area contributed by atoms with E-state index in [9.17, 15) is 9.59 Å². The number of benzene rings is 1. The molecule has 0 spiro atoms. The Morgan fingerprint density at radius 2 is 1.92 bits per heavy atom. The van der Waals surface area contributed by atoms with Gasteiger partial charge in [0.1, 0.15) is 0 Å². The number of carbonyl (C=O) groups is 1. The summed E-state index contributed by atoms with van der Waals surface area (Å²) in [7, 11) is 1.38. The molecule has 24 heavy (non-hydrogen) atoms. The maximum Gasteiger partial charge on any atom is 0.336 e. The fraction of sp³-hybridized carbons (Fsp3) is 0.333. The summed E-state index contributed by atoms with van der Waals surface area (Å²) in [6.45, 7) is 0.439. The number of methoxy groups -OCH3 is 1.